The van der Waals surface area contributed by atoms with Gasteiger partial charge in [0.15, 0.2) is 5.69 Å². The Kier molecular flexibility index (Phi) is 4.54. The Bertz CT molecular complexity index is 1030. The predicted molar refractivity (Wildman–Crippen MR) is 97.7 cm³/mol. The summed E-state index contributed by atoms with van der Waals surface area (Å²) in [5.41, 5.74) is 2.03. The number of imidazole rings is 1. The number of β-amino-alcohol motifs (C(OH)–C–C–N with tert-alkyl or cyclic N) is 1. The van der Waals surface area contributed by atoms with E-state index < -0.39 is 12.0 Å². The van der Waals surface area contributed by atoms with Crippen molar-refractivity contribution in [3.05, 3.63) is 46.5 Å². The monoisotopic (exact) mass is 388 g/mol. The average Bonchev–Trinajstić information content (AvgIpc) is 3.20. The van der Waals surface area contributed by atoms with Crippen LogP contribution in [0, 0.1) is 0 Å². The Balaban J connectivity index is 1.40. The minimum absolute atomic E-state index is 0.130. The summed E-state index contributed by atoms with van der Waals surface area (Å²) in [5.74, 6) is -0.0215. The summed E-state index contributed by atoms with van der Waals surface area (Å²) in [4.78, 5) is 31.9. The zero-order chi connectivity index (χ0) is 19.0. The number of hydrogen-bond donors (Lipinski definition) is 4. The van der Waals surface area contributed by atoms with Gasteiger partial charge in [-0.3, -0.25) is 14.3 Å². The molecule has 1 atom stereocenters. The lowest BCUT2D eigenvalue weighted by Crippen LogP contribution is -2.30. The molecule has 140 valence electrons. The molecule has 0 aliphatic carbocycles. The highest BCUT2D eigenvalue weighted by Crippen LogP contribution is 2.17. The van der Waals surface area contributed by atoms with Gasteiger partial charge in [-0.05, 0) is 18.2 Å². The maximum Gasteiger partial charge on any atom is 0.271 e. The molecule has 9 nitrogen and oxygen atoms in total. The van der Waals surface area contributed by atoms with Crippen LogP contribution in [0.25, 0.3) is 11.0 Å². The highest BCUT2D eigenvalue weighted by atomic mass is 35.5. The fraction of sp³-hybridized carbons (Fsp3) is 0.294. The molecule has 0 radical (unpaired) electrons. The molecule has 1 aliphatic rings. The minimum Gasteiger partial charge on any atom is -0.389 e. The van der Waals surface area contributed by atoms with E-state index in [1.54, 1.807) is 12.1 Å². The second-order valence-electron chi connectivity index (χ2n) is 6.31. The van der Waals surface area contributed by atoms with Crippen molar-refractivity contribution in [2.24, 2.45) is 0 Å². The van der Waals surface area contributed by atoms with E-state index in [-0.39, 0.29) is 30.4 Å². The first-order valence-electron chi connectivity index (χ1n) is 8.46. The van der Waals surface area contributed by atoms with E-state index in [9.17, 15) is 14.7 Å². The fourth-order valence-electron chi connectivity index (χ4n) is 2.95. The number of aromatic nitrogens is 4. The number of amides is 2. The molecule has 1 aliphatic heterocycles. The smallest absolute Gasteiger partial charge is 0.271 e. The number of aromatic amines is 1. The summed E-state index contributed by atoms with van der Waals surface area (Å²) in [5, 5.41) is 19.8. The number of H-pyrrole nitrogens is 1. The van der Waals surface area contributed by atoms with E-state index >= 15 is 0 Å². The SMILES string of the molecule is O=C(NCCc1nc2ccc(Cl)cc2[nH]1)c1cc2n(n1)CC(O)CNC2=O. The Morgan fingerprint density at radius 3 is 3.11 bits per heavy atom. The van der Waals surface area contributed by atoms with Gasteiger partial charge >= 0.3 is 0 Å². The van der Waals surface area contributed by atoms with Gasteiger partial charge < -0.3 is 20.7 Å². The van der Waals surface area contributed by atoms with Crippen LogP contribution in [0.4, 0.5) is 0 Å². The molecule has 10 heteroatoms. The number of aliphatic hydroxyl groups is 1. The number of hydrogen-bond acceptors (Lipinski definition) is 5. The van der Waals surface area contributed by atoms with Crippen LogP contribution in [0.3, 0.4) is 0 Å². The molecular formula is C17H17ClN6O3. The molecule has 0 saturated heterocycles. The number of aliphatic hydroxyl groups excluding tert-OH is 1. The second kappa shape index (κ2) is 7.01. The first-order valence-corrected chi connectivity index (χ1v) is 8.84. The molecule has 0 bridgehead atoms. The van der Waals surface area contributed by atoms with E-state index in [1.165, 1.54) is 10.7 Å². The van der Waals surface area contributed by atoms with Gasteiger partial charge in [0.2, 0.25) is 0 Å². The number of nitrogens with zero attached hydrogens (tertiary/aromatic N) is 3. The summed E-state index contributed by atoms with van der Waals surface area (Å²) >= 11 is 5.96. The van der Waals surface area contributed by atoms with Gasteiger partial charge in [0.05, 0.1) is 23.7 Å². The largest absolute Gasteiger partial charge is 0.389 e. The quantitative estimate of drug-likeness (QED) is 0.517. The maximum atomic E-state index is 12.3. The summed E-state index contributed by atoms with van der Waals surface area (Å²) in [6.45, 7) is 0.665. The molecule has 1 aromatic carbocycles. The van der Waals surface area contributed by atoms with Crippen molar-refractivity contribution in [3.63, 3.8) is 0 Å². The lowest BCUT2D eigenvalue weighted by atomic mass is 10.3. The van der Waals surface area contributed by atoms with Gasteiger partial charge in [-0.2, -0.15) is 5.10 Å². The minimum atomic E-state index is -0.743. The van der Waals surface area contributed by atoms with Gasteiger partial charge in [0.25, 0.3) is 11.8 Å². The lowest BCUT2D eigenvalue weighted by molar-refractivity contribution is 0.0931. The van der Waals surface area contributed by atoms with Crippen molar-refractivity contribution in [2.45, 2.75) is 19.1 Å². The Morgan fingerprint density at radius 1 is 1.41 bits per heavy atom. The normalized spacial score (nSPS) is 16.7. The predicted octanol–water partition coefficient (Wildman–Crippen LogP) is 0.490. The van der Waals surface area contributed by atoms with Gasteiger partial charge in [-0.25, -0.2) is 4.98 Å². The molecule has 0 saturated carbocycles. The third-order valence-corrected chi connectivity index (χ3v) is 4.50. The summed E-state index contributed by atoms with van der Waals surface area (Å²) in [6, 6.07) is 6.82. The highest BCUT2D eigenvalue weighted by Gasteiger charge is 2.24. The zero-order valence-corrected chi connectivity index (χ0v) is 15.0. The average molecular weight is 389 g/mol. The summed E-state index contributed by atoms with van der Waals surface area (Å²) in [7, 11) is 0. The number of halogens is 1. The molecule has 27 heavy (non-hydrogen) atoms. The first kappa shape index (κ1) is 17.5. The topological polar surface area (TPSA) is 125 Å². The third-order valence-electron chi connectivity index (χ3n) is 4.27. The fourth-order valence-corrected chi connectivity index (χ4v) is 3.13. The van der Waals surface area contributed by atoms with E-state index in [4.69, 9.17) is 11.6 Å². The van der Waals surface area contributed by atoms with Gasteiger partial charge in [-0.1, -0.05) is 11.6 Å². The van der Waals surface area contributed by atoms with Crippen molar-refractivity contribution < 1.29 is 14.7 Å². The van der Waals surface area contributed by atoms with Crippen molar-refractivity contribution in [3.8, 4) is 0 Å². The van der Waals surface area contributed by atoms with Crippen molar-refractivity contribution in [1.82, 2.24) is 30.4 Å². The van der Waals surface area contributed by atoms with Crippen LogP contribution in [-0.4, -0.2) is 55.9 Å². The van der Waals surface area contributed by atoms with Crippen LogP contribution >= 0.6 is 11.6 Å². The van der Waals surface area contributed by atoms with Gasteiger partial charge in [0.1, 0.15) is 11.5 Å². The van der Waals surface area contributed by atoms with E-state index in [2.05, 4.69) is 25.7 Å². The maximum absolute atomic E-state index is 12.3. The van der Waals surface area contributed by atoms with Crippen LogP contribution in [0.2, 0.25) is 5.02 Å². The molecule has 3 aromatic rings. The molecule has 4 N–H and O–H groups in total. The number of benzene rings is 1. The molecule has 2 aromatic heterocycles. The lowest BCUT2D eigenvalue weighted by Gasteiger charge is -2.06. The van der Waals surface area contributed by atoms with Crippen molar-refractivity contribution >= 4 is 34.4 Å². The van der Waals surface area contributed by atoms with Gasteiger partial charge in [-0.15, -0.1) is 0 Å². The number of carbonyl (C=O) groups is 2. The van der Waals surface area contributed by atoms with Crippen LogP contribution in [0.5, 0.6) is 0 Å². The molecule has 0 spiro atoms. The molecule has 4 rings (SSSR count). The molecule has 2 amide bonds. The number of rotatable bonds is 4. The van der Waals surface area contributed by atoms with E-state index in [0.29, 0.717) is 18.0 Å². The molecule has 0 fully saturated rings. The first-order chi connectivity index (χ1) is 13.0. The van der Waals surface area contributed by atoms with Crippen LogP contribution in [-0.2, 0) is 13.0 Å². The summed E-state index contributed by atoms with van der Waals surface area (Å²) in [6.07, 6.45) is -0.238. The molecule has 3 heterocycles. The third kappa shape index (κ3) is 3.64. The number of nitrogens with one attached hydrogen (secondary N) is 3. The highest BCUT2D eigenvalue weighted by molar-refractivity contribution is 6.31. The van der Waals surface area contributed by atoms with Crippen LogP contribution in [0.15, 0.2) is 24.3 Å². The van der Waals surface area contributed by atoms with E-state index in [0.717, 1.165) is 16.9 Å². The van der Waals surface area contributed by atoms with Crippen molar-refractivity contribution in [1.29, 1.82) is 0 Å². The van der Waals surface area contributed by atoms with Crippen molar-refractivity contribution in [2.75, 3.05) is 13.1 Å². The zero-order valence-electron chi connectivity index (χ0n) is 14.2. The van der Waals surface area contributed by atoms with Crippen LogP contribution in [0.1, 0.15) is 26.8 Å². The molecule has 1 unspecified atom stereocenters. The van der Waals surface area contributed by atoms with Crippen LogP contribution < -0.4 is 10.6 Å². The van der Waals surface area contributed by atoms with E-state index in [1.807, 2.05) is 6.07 Å². The summed E-state index contributed by atoms with van der Waals surface area (Å²) < 4.78 is 1.35. The Morgan fingerprint density at radius 2 is 2.26 bits per heavy atom. The van der Waals surface area contributed by atoms with Gasteiger partial charge in [0, 0.05) is 30.6 Å². The second-order valence-corrected chi connectivity index (χ2v) is 6.75. The number of fused-ring (bicyclic) bond motifs is 2. The number of carbonyl (C=O) groups excluding carboxylic acids is 2. The Labute approximate surface area is 158 Å². The molecular weight excluding hydrogens is 372 g/mol. The standard InChI is InChI=1S/C17H17ClN6O3/c18-9-1-2-11-12(5-9)22-15(21-11)3-4-19-16(26)13-6-14-17(27)20-7-10(25)8-24(14)23-13/h1-2,5-6,10,25H,3-4,7-8H2,(H,19,26)(H,20,27)(H,21,22). The Hall–Kier alpha value is -2.91.